The molecule has 0 aromatic heterocycles. The van der Waals surface area contributed by atoms with Crippen LogP contribution in [0.3, 0.4) is 0 Å². The fraction of sp³-hybridized carbons (Fsp3) is 0.385. The first kappa shape index (κ1) is 17.2. The normalized spacial score (nSPS) is 18.6. The summed E-state index contributed by atoms with van der Waals surface area (Å²) in [5, 5.41) is 0. The van der Waals surface area contributed by atoms with Crippen LogP contribution in [0.5, 0.6) is 0 Å². The van der Waals surface area contributed by atoms with Crippen molar-refractivity contribution in [1.82, 2.24) is 0 Å². The molecule has 22 heavy (non-hydrogen) atoms. The lowest BCUT2D eigenvalue weighted by Crippen LogP contribution is -2.27. The molecule has 0 spiro atoms. The Morgan fingerprint density at radius 2 is 2.18 bits per heavy atom. The number of anilines is 1. The van der Waals surface area contributed by atoms with E-state index in [0.29, 0.717) is 10.2 Å². The van der Waals surface area contributed by atoms with Gasteiger partial charge in [-0.2, -0.15) is 0 Å². The molecule has 2 rings (SSSR count). The number of benzene rings is 1. The van der Waals surface area contributed by atoms with Crippen molar-refractivity contribution in [2.45, 2.75) is 6.42 Å². The van der Waals surface area contributed by atoms with Crippen LogP contribution in [0.1, 0.15) is 16.8 Å². The second-order valence-electron chi connectivity index (χ2n) is 4.93. The molecule has 1 atom stereocenters. The van der Waals surface area contributed by atoms with Crippen molar-refractivity contribution < 1.29 is 22.7 Å². The molecule has 1 aromatic carbocycles. The van der Waals surface area contributed by atoms with Crippen LogP contribution in [-0.2, 0) is 18.6 Å². The van der Waals surface area contributed by atoms with E-state index in [1.807, 2.05) is 0 Å². The fourth-order valence-electron chi connectivity index (χ4n) is 2.42. The number of rotatable bonds is 4. The van der Waals surface area contributed by atoms with E-state index in [0.717, 1.165) is 0 Å². The van der Waals surface area contributed by atoms with Crippen molar-refractivity contribution in [3.05, 3.63) is 28.2 Å². The van der Waals surface area contributed by atoms with E-state index < -0.39 is 20.9 Å². The van der Waals surface area contributed by atoms with Crippen LogP contribution in [-0.4, -0.2) is 39.7 Å². The van der Waals surface area contributed by atoms with Crippen molar-refractivity contribution in [1.29, 1.82) is 0 Å². The zero-order valence-electron chi connectivity index (χ0n) is 11.6. The average Bonchev–Trinajstić information content (AvgIpc) is 2.76. The van der Waals surface area contributed by atoms with Crippen molar-refractivity contribution in [2.75, 3.05) is 24.3 Å². The second kappa shape index (κ2) is 6.55. The molecular weight excluding hydrogens is 398 g/mol. The molecule has 0 aliphatic carbocycles. The van der Waals surface area contributed by atoms with Crippen LogP contribution >= 0.6 is 26.6 Å². The molecule has 0 bridgehead atoms. The summed E-state index contributed by atoms with van der Waals surface area (Å²) < 4.78 is 27.7. The molecule has 1 amide bonds. The molecule has 120 valence electrons. The zero-order chi connectivity index (χ0) is 16.5. The molecule has 6 nitrogen and oxygen atoms in total. The largest absolute Gasteiger partial charge is 0.465 e. The molecule has 0 radical (unpaired) electrons. The summed E-state index contributed by atoms with van der Waals surface area (Å²) in [5.74, 6) is -1.50. The molecule has 1 saturated heterocycles. The molecular formula is C13H13BrClNO5S. The predicted molar refractivity (Wildman–Crippen MR) is 85.6 cm³/mol. The van der Waals surface area contributed by atoms with Crippen LogP contribution in [0.15, 0.2) is 22.7 Å². The molecule has 1 aliphatic heterocycles. The second-order valence-corrected chi connectivity index (χ2v) is 8.67. The lowest BCUT2D eigenvalue weighted by Gasteiger charge is -2.19. The molecule has 0 N–H and O–H groups in total. The Bertz CT molecular complexity index is 721. The summed E-state index contributed by atoms with van der Waals surface area (Å²) in [6.07, 6.45) is 0.0685. The topological polar surface area (TPSA) is 80.8 Å². The third-order valence-electron chi connectivity index (χ3n) is 3.30. The van der Waals surface area contributed by atoms with Crippen molar-refractivity contribution in [3.63, 3.8) is 0 Å². The molecule has 1 aliphatic rings. The quantitative estimate of drug-likeness (QED) is 0.561. The van der Waals surface area contributed by atoms with E-state index >= 15 is 0 Å². The summed E-state index contributed by atoms with van der Waals surface area (Å²) in [6.45, 7) is 0.186. The lowest BCUT2D eigenvalue weighted by atomic mass is 10.1. The highest BCUT2D eigenvalue weighted by Gasteiger charge is 2.35. The van der Waals surface area contributed by atoms with E-state index in [2.05, 4.69) is 15.9 Å². The van der Waals surface area contributed by atoms with E-state index in [9.17, 15) is 18.0 Å². The predicted octanol–water partition coefficient (Wildman–Crippen LogP) is 2.16. The van der Waals surface area contributed by atoms with E-state index in [1.54, 1.807) is 18.2 Å². The van der Waals surface area contributed by atoms with Gasteiger partial charge in [0.1, 0.15) is 0 Å². The number of ether oxygens (including phenoxy) is 1. The van der Waals surface area contributed by atoms with Gasteiger partial charge in [0.25, 0.3) is 0 Å². The van der Waals surface area contributed by atoms with E-state index in [-0.39, 0.29) is 30.2 Å². The van der Waals surface area contributed by atoms with Gasteiger partial charge < -0.3 is 9.64 Å². The number of methoxy groups -OCH3 is 1. The minimum absolute atomic E-state index is 0.0685. The van der Waals surface area contributed by atoms with Crippen LogP contribution in [0, 0.1) is 5.92 Å². The van der Waals surface area contributed by atoms with Crippen molar-refractivity contribution in [2.24, 2.45) is 5.92 Å². The Kier molecular flexibility index (Phi) is 5.14. The van der Waals surface area contributed by atoms with Gasteiger partial charge >= 0.3 is 5.97 Å². The number of halogens is 2. The summed E-state index contributed by atoms with van der Waals surface area (Å²) in [6, 6.07) is 4.84. The third-order valence-corrected chi connectivity index (χ3v) is 5.04. The van der Waals surface area contributed by atoms with Crippen molar-refractivity contribution >= 4 is 53.2 Å². The third kappa shape index (κ3) is 3.99. The van der Waals surface area contributed by atoms with Crippen molar-refractivity contribution in [3.8, 4) is 0 Å². The maximum atomic E-state index is 12.2. The minimum atomic E-state index is -3.68. The Morgan fingerprint density at radius 3 is 2.77 bits per heavy atom. The Labute approximate surface area is 140 Å². The van der Waals surface area contributed by atoms with Crippen LogP contribution < -0.4 is 4.90 Å². The zero-order valence-corrected chi connectivity index (χ0v) is 14.7. The highest BCUT2D eigenvalue weighted by Crippen LogP contribution is 2.32. The van der Waals surface area contributed by atoms with Gasteiger partial charge in [-0.1, -0.05) is 15.9 Å². The number of amides is 1. The first-order chi connectivity index (χ1) is 10.2. The summed E-state index contributed by atoms with van der Waals surface area (Å²) in [4.78, 5) is 25.4. The maximum Gasteiger partial charge on any atom is 0.339 e. The molecule has 9 heteroatoms. The number of carbonyl (C=O) groups excluding carboxylic acids is 2. The molecule has 1 heterocycles. The molecule has 1 fully saturated rings. The number of hydrogen-bond donors (Lipinski definition) is 0. The Morgan fingerprint density at radius 1 is 1.50 bits per heavy atom. The van der Waals surface area contributed by atoms with Gasteiger partial charge in [-0.05, 0) is 18.2 Å². The van der Waals surface area contributed by atoms with E-state index in [1.165, 1.54) is 12.0 Å². The van der Waals surface area contributed by atoms with Crippen LogP contribution in [0.2, 0.25) is 0 Å². The standard InChI is InChI=1S/C13H13BrClNO5S/c1-21-13(18)10-3-2-9(14)5-11(10)16-6-8(4-12(16)17)7-22(15,19)20/h2-3,5,8H,4,6-7H2,1H3. The number of nitrogens with zero attached hydrogens (tertiary/aromatic N) is 1. The molecule has 1 unspecified atom stereocenters. The Hall–Kier alpha value is -1.12. The summed E-state index contributed by atoms with van der Waals surface area (Å²) >= 11 is 3.29. The first-order valence-electron chi connectivity index (χ1n) is 6.32. The van der Waals surface area contributed by atoms with Gasteiger partial charge in [0, 0.05) is 34.0 Å². The number of hydrogen-bond acceptors (Lipinski definition) is 5. The lowest BCUT2D eigenvalue weighted by molar-refractivity contribution is -0.117. The average molecular weight is 411 g/mol. The SMILES string of the molecule is COC(=O)c1ccc(Br)cc1N1CC(CS(=O)(=O)Cl)CC1=O. The number of esters is 1. The van der Waals surface area contributed by atoms with Gasteiger partial charge in [-0.25, -0.2) is 13.2 Å². The fourth-order valence-corrected chi connectivity index (χ4v) is 4.09. The summed E-state index contributed by atoms with van der Waals surface area (Å²) in [7, 11) is 2.81. The van der Waals surface area contributed by atoms with Crippen LogP contribution in [0.25, 0.3) is 0 Å². The number of carbonyl (C=O) groups is 2. The van der Waals surface area contributed by atoms with Crippen LogP contribution in [0.4, 0.5) is 5.69 Å². The monoisotopic (exact) mass is 409 g/mol. The van der Waals surface area contributed by atoms with Gasteiger partial charge in [0.2, 0.25) is 15.0 Å². The van der Waals surface area contributed by atoms with E-state index in [4.69, 9.17) is 15.4 Å². The summed E-state index contributed by atoms with van der Waals surface area (Å²) in [5.41, 5.74) is 0.633. The van der Waals surface area contributed by atoms with Gasteiger partial charge in [0.05, 0.1) is 24.1 Å². The Balaban J connectivity index is 2.34. The van der Waals surface area contributed by atoms with Gasteiger partial charge in [0.15, 0.2) is 0 Å². The minimum Gasteiger partial charge on any atom is -0.465 e. The van der Waals surface area contributed by atoms with Gasteiger partial charge in [-0.3, -0.25) is 4.79 Å². The molecule has 1 aromatic rings. The smallest absolute Gasteiger partial charge is 0.339 e. The van der Waals surface area contributed by atoms with Gasteiger partial charge in [-0.15, -0.1) is 0 Å². The maximum absolute atomic E-state index is 12.2. The first-order valence-corrected chi connectivity index (χ1v) is 9.59. The highest BCUT2D eigenvalue weighted by atomic mass is 79.9. The molecule has 0 saturated carbocycles. The highest BCUT2D eigenvalue weighted by molar-refractivity contribution is 9.10.